The third kappa shape index (κ3) is 8.94. The molecule has 37 heavy (non-hydrogen) atoms. The molecular formula is C32H40O4S. The standard InChI is InChI=1S/C32H40O4S/c1-2-3-4-5-6-7-8-9-10-13-18-26-23-24-30(37(34,35)36)29(25-26)31(27-19-14-11-15-20-27)32(33)28-21-16-12-17-22-28/h11-12,14-17,19-25,31H,2-10,13,18H2,1H3,(H,34,35,36). The fourth-order valence-corrected chi connectivity index (χ4v) is 5.63. The first-order chi connectivity index (χ1) is 17.9. The van der Waals surface area contributed by atoms with E-state index in [1.54, 1.807) is 36.4 Å². The van der Waals surface area contributed by atoms with Crippen LogP contribution in [-0.4, -0.2) is 18.8 Å². The number of hydrogen-bond donors (Lipinski definition) is 1. The molecule has 0 saturated carbocycles. The van der Waals surface area contributed by atoms with Crippen molar-refractivity contribution in [3.05, 3.63) is 101 Å². The van der Waals surface area contributed by atoms with Crippen LogP contribution >= 0.6 is 0 Å². The lowest BCUT2D eigenvalue weighted by Crippen LogP contribution is -2.18. The Hall–Kier alpha value is -2.76. The molecule has 0 radical (unpaired) electrons. The molecule has 4 nitrogen and oxygen atoms in total. The second-order valence-electron chi connectivity index (χ2n) is 9.85. The summed E-state index contributed by atoms with van der Waals surface area (Å²) in [5.74, 6) is -1.04. The second kappa shape index (κ2) is 14.8. The smallest absolute Gasteiger partial charge is 0.293 e. The first kappa shape index (κ1) is 28.8. The van der Waals surface area contributed by atoms with Crippen LogP contribution in [0, 0.1) is 0 Å². The second-order valence-corrected chi connectivity index (χ2v) is 11.2. The number of hydrogen-bond acceptors (Lipinski definition) is 3. The zero-order valence-corrected chi connectivity index (χ0v) is 22.8. The maximum Gasteiger partial charge on any atom is 0.294 e. The van der Waals surface area contributed by atoms with E-state index in [0.29, 0.717) is 16.7 Å². The molecule has 0 aliphatic heterocycles. The van der Waals surface area contributed by atoms with Gasteiger partial charge in [0.25, 0.3) is 10.1 Å². The van der Waals surface area contributed by atoms with Crippen molar-refractivity contribution in [2.75, 3.05) is 0 Å². The Morgan fingerprint density at radius 2 is 1.27 bits per heavy atom. The maximum atomic E-state index is 13.7. The topological polar surface area (TPSA) is 71.4 Å². The van der Waals surface area contributed by atoms with E-state index in [-0.39, 0.29) is 10.7 Å². The number of ketones is 1. The molecule has 5 heteroatoms. The predicted molar refractivity (Wildman–Crippen MR) is 151 cm³/mol. The molecule has 0 saturated heterocycles. The summed E-state index contributed by atoms with van der Waals surface area (Å²) in [5, 5.41) is 0. The average molecular weight is 521 g/mol. The monoisotopic (exact) mass is 520 g/mol. The molecule has 198 valence electrons. The van der Waals surface area contributed by atoms with Crippen LogP contribution in [-0.2, 0) is 16.5 Å². The van der Waals surface area contributed by atoms with Gasteiger partial charge in [-0.25, -0.2) is 0 Å². The van der Waals surface area contributed by atoms with Gasteiger partial charge in [0.2, 0.25) is 0 Å². The van der Waals surface area contributed by atoms with Crippen molar-refractivity contribution >= 4 is 15.9 Å². The van der Waals surface area contributed by atoms with Gasteiger partial charge in [0, 0.05) is 5.56 Å². The zero-order chi connectivity index (χ0) is 26.5. The molecule has 0 bridgehead atoms. The van der Waals surface area contributed by atoms with Crippen LogP contribution in [0.4, 0.5) is 0 Å². The lowest BCUT2D eigenvalue weighted by Gasteiger charge is -2.20. The number of benzene rings is 3. The highest BCUT2D eigenvalue weighted by atomic mass is 32.2. The highest BCUT2D eigenvalue weighted by molar-refractivity contribution is 7.85. The van der Waals surface area contributed by atoms with E-state index in [0.717, 1.165) is 24.8 Å². The van der Waals surface area contributed by atoms with Crippen LogP contribution in [0.5, 0.6) is 0 Å². The Labute approximate surface area is 222 Å². The molecule has 3 aromatic carbocycles. The molecule has 0 spiro atoms. The Bertz CT molecular complexity index is 1200. The summed E-state index contributed by atoms with van der Waals surface area (Å²) in [6.07, 6.45) is 13.3. The minimum Gasteiger partial charge on any atom is -0.293 e. The molecule has 1 unspecified atom stereocenters. The van der Waals surface area contributed by atoms with Crippen molar-refractivity contribution in [2.45, 2.75) is 88.4 Å². The molecule has 0 aromatic heterocycles. The van der Waals surface area contributed by atoms with E-state index in [4.69, 9.17) is 0 Å². The molecular weight excluding hydrogens is 480 g/mol. The van der Waals surface area contributed by atoms with Gasteiger partial charge in [0.05, 0.1) is 10.8 Å². The number of unbranched alkanes of at least 4 members (excludes halogenated alkanes) is 9. The molecule has 0 fully saturated rings. The van der Waals surface area contributed by atoms with Gasteiger partial charge in [0.15, 0.2) is 5.78 Å². The third-order valence-corrected chi connectivity index (χ3v) is 7.86. The van der Waals surface area contributed by atoms with Crippen molar-refractivity contribution < 1.29 is 17.8 Å². The summed E-state index contributed by atoms with van der Waals surface area (Å²) in [6.45, 7) is 2.24. The number of Topliss-reactive ketones (excluding diaryl/α,β-unsaturated/α-hetero) is 1. The SMILES string of the molecule is CCCCCCCCCCCCc1ccc(S(=O)(=O)O)c(C(C(=O)c2ccccc2)c2ccccc2)c1. The van der Waals surface area contributed by atoms with Gasteiger partial charge < -0.3 is 0 Å². The van der Waals surface area contributed by atoms with Crippen molar-refractivity contribution in [2.24, 2.45) is 0 Å². The highest BCUT2D eigenvalue weighted by Gasteiger charge is 2.30. The molecule has 1 N–H and O–H groups in total. The van der Waals surface area contributed by atoms with Crippen LogP contribution in [0.15, 0.2) is 83.8 Å². The summed E-state index contributed by atoms with van der Waals surface area (Å²) >= 11 is 0. The first-order valence-electron chi connectivity index (χ1n) is 13.7. The fourth-order valence-electron chi connectivity index (χ4n) is 4.92. The minimum absolute atomic E-state index is 0.201. The predicted octanol–water partition coefficient (Wildman–Crippen LogP) is 8.41. The van der Waals surface area contributed by atoms with Crippen LogP contribution in [0.3, 0.4) is 0 Å². The Kier molecular flexibility index (Phi) is 11.6. The van der Waals surface area contributed by atoms with Crippen LogP contribution in [0.25, 0.3) is 0 Å². The van der Waals surface area contributed by atoms with Gasteiger partial charge in [-0.2, -0.15) is 8.42 Å². The molecule has 0 heterocycles. The molecule has 3 aromatic rings. The summed E-state index contributed by atoms with van der Waals surface area (Å²) in [7, 11) is -4.52. The van der Waals surface area contributed by atoms with E-state index in [9.17, 15) is 17.8 Å². The molecule has 0 aliphatic rings. The minimum atomic E-state index is -4.52. The van der Waals surface area contributed by atoms with Crippen LogP contribution < -0.4 is 0 Å². The summed E-state index contributed by atoms with van der Waals surface area (Å²) < 4.78 is 34.7. The van der Waals surface area contributed by atoms with Crippen molar-refractivity contribution in [1.82, 2.24) is 0 Å². The highest BCUT2D eigenvalue weighted by Crippen LogP contribution is 2.34. The average Bonchev–Trinajstić information content (AvgIpc) is 2.90. The molecule has 3 rings (SSSR count). The normalized spacial score (nSPS) is 12.4. The Morgan fingerprint density at radius 1 is 0.730 bits per heavy atom. The van der Waals surface area contributed by atoms with Gasteiger partial charge >= 0.3 is 0 Å². The number of rotatable bonds is 16. The lowest BCUT2D eigenvalue weighted by molar-refractivity contribution is 0.0973. The van der Waals surface area contributed by atoms with Gasteiger partial charge in [-0.3, -0.25) is 9.35 Å². The zero-order valence-electron chi connectivity index (χ0n) is 21.9. The van der Waals surface area contributed by atoms with Crippen molar-refractivity contribution in [1.29, 1.82) is 0 Å². The molecule has 1 atom stereocenters. The van der Waals surface area contributed by atoms with Gasteiger partial charge in [-0.15, -0.1) is 0 Å². The first-order valence-corrected chi connectivity index (χ1v) is 15.1. The number of carbonyl (C=O) groups is 1. The lowest BCUT2D eigenvalue weighted by atomic mass is 9.84. The number of aryl methyl sites for hydroxylation is 1. The van der Waals surface area contributed by atoms with E-state index >= 15 is 0 Å². The summed E-state index contributed by atoms with van der Waals surface area (Å²) in [5.41, 5.74) is 2.49. The Balaban J connectivity index is 1.77. The van der Waals surface area contributed by atoms with Crippen molar-refractivity contribution in [3.63, 3.8) is 0 Å². The van der Waals surface area contributed by atoms with E-state index in [1.165, 1.54) is 57.4 Å². The van der Waals surface area contributed by atoms with Crippen LogP contribution in [0.2, 0.25) is 0 Å². The van der Waals surface area contributed by atoms with Crippen LogP contribution in [0.1, 0.15) is 104 Å². The van der Waals surface area contributed by atoms with Gasteiger partial charge in [0.1, 0.15) is 0 Å². The summed E-state index contributed by atoms with van der Waals surface area (Å²) in [4.78, 5) is 13.5. The third-order valence-electron chi connectivity index (χ3n) is 6.94. The summed E-state index contributed by atoms with van der Waals surface area (Å²) in [6, 6.07) is 23.1. The molecule has 0 aliphatic carbocycles. The maximum absolute atomic E-state index is 13.7. The van der Waals surface area contributed by atoms with E-state index < -0.39 is 16.0 Å². The largest absolute Gasteiger partial charge is 0.294 e. The van der Waals surface area contributed by atoms with E-state index in [2.05, 4.69) is 6.92 Å². The van der Waals surface area contributed by atoms with E-state index in [1.807, 2.05) is 36.4 Å². The number of carbonyl (C=O) groups excluding carboxylic acids is 1. The quantitative estimate of drug-likeness (QED) is 0.117. The fraction of sp³-hybridized carbons (Fsp3) is 0.406. The van der Waals surface area contributed by atoms with Gasteiger partial charge in [-0.1, -0.05) is 138 Å². The molecule has 0 amide bonds. The Morgan fingerprint density at radius 3 is 1.84 bits per heavy atom. The van der Waals surface area contributed by atoms with Gasteiger partial charge in [-0.05, 0) is 35.6 Å². The van der Waals surface area contributed by atoms with Crippen molar-refractivity contribution in [3.8, 4) is 0 Å².